The lowest BCUT2D eigenvalue weighted by Gasteiger charge is -2.26. The number of pyridine rings is 1. The van der Waals surface area contributed by atoms with Crippen LogP contribution in [-0.4, -0.2) is 34.6 Å². The van der Waals surface area contributed by atoms with Crippen molar-refractivity contribution < 1.29 is 13.9 Å². The second kappa shape index (κ2) is 10.6. The summed E-state index contributed by atoms with van der Waals surface area (Å²) >= 11 is 0. The molecule has 0 bridgehead atoms. The van der Waals surface area contributed by atoms with Gasteiger partial charge in [-0.3, -0.25) is 0 Å². The lowest BCUT2D eigenvalue weighted by molar-refractivity contribution is 0.112. The molecule has 0 aliphatic heterocycles. The fraction of sp³-hybridized carbons (Fsp3) is 0.400. The molecule has 2 aromatic carbocycles. The standard InChI is InChI=1S/C25H30F2N2O/c1-3-5-13-29(14-6-4-2)17-25(30)22-16-23(18-7-9-19(26)10-8-18)28-24-15-20(27)11-12-21(22)24/h7-12,15-16,25,30H,3-6,13-14,17H2,1-2H3. The number of aromatic nitrogens is 1. The van der Waals surface area contributed by atoms with Crippen molar-refractivity contribution in [3.05, 3.63) is 65.7 Å². The van der Waals surface area contributed by atoms with Crippen LogP contribution in [0.4, 0.5) is 8.78 Å². The number of rotatable bonds is 10. The summed E-state index contributed by atoms with van der Waals surface area (Å²) in [5, 5.41) is 11.9. The maximum Gasteiger partial charge on any atom is 0.125 e. The molecule has 0 amide bonds. The van der Waals surface area contributed by atoms with Crippen LogP contribution in [-0.2, 0) is 0 Å². The minimum atomic E-state index is -0.728. The van der Waals surface area contributed by atoms with Crippen molar-refractivity contribution in [1.29, 1.82) is 0 Å². The number of aliphatic hydroxyl groups is 1. The van der Waals surface area contributed by atoms with E-state index < -0.39 is 6.10 Å². The van der Waals surface area contributed by atoms with E-state index in [2.05, 4.69) is 23.7 Å². The largest absolute Gasteiger partial charge is 0.387 e. The molecule has 5 heteroatoms. The van der Waals surface area contributed by atoms with Crippen molar-refractivity contribution in [3.63, 3.8) is 0 Å². The van der Waals surface area contributed by atoms with E-state index in [9.17, 15) is 13.9 Å². The Bertz CT molecular complexity index is 951. The minimum Gasteiger partial charge on any atom is -0.387 e. The first-order valence-electron chi connectivity index (χ1n) is 10.8. The summed E-state index contributed by atoms with van der Waals surface area (Å²) in [6, 6.07) is 12.3. The topological polar surface area (TPSA) is 36.4 Å². The number of aliphatic hydroxyl groups excluding tert-OH is 1. The fourth-order valence-corrected chi connectivity index (χ4v) is 3.67. The molecule has 3 rings (SSSR count). The van der Waals surface area contributed by atoms with Gasteiger partial charge in [0.05, 0.1) is 17.3 Å². The minimum absolute atomic E-state index is 0.326. The van der Waals surface area contributed by atoms with Gasteiger partial charge in [0, 0.05) is 23.6 Å². The molecule has 1 heterocycles. The third kappa shape index (κ3) is 5.61. The highest BCUT2D eigenvalue weighted by Crippen LogP contribution is 2.30. The van der Waals surface area contributed by atoms with Gasteiger partial charge in [-0.25, -0.2) is 13.8 Å². The molecule has 1 atom stereocenters. The van der Waals surface area contributed by atoms with E-state index in [0.29, 0.717) is 17.8 Å². The van der Waals surface area contributed by atoms with E-state index in [-0.39, 0.29) is 11.6 Å². The Hall–Kier alpha value is -2.37. The van der Waals surface area contributed by atoms with E-state index in [1.54, 1.807) is 18.2 Å². The third-order valence-corrected chi connectivity index (χ3v) is 5.39. The maximum absolute atomic E-state index is 13.9. The molecule has 0 saturated heterocycles. The lowest BCUT2D eigenvalue weighted by Crippen LogP contribution is -2.31. The Morgan fingerprint density at radius 3 is 2.17 bits per heavy atom. The van der Waals surface area contributed by atoms with Crippen LogP contribution < -0.4 is 0 Å². The summed E-state index contributed by atoms with van der Waals surface area (Å²) in [5.41, 5.74) is 2.53. The van der Waals surface area contributed by atoms with Gasteiger partial charge in [0.2, 0.25) is 0 Å². The van der Waals surface area contributed by atoms with Crippen LogP contribution in [0.2, 0.25) is 0 Å². The maximum atomic E-state index is 13.9. The summed E-state index contributed by atoms with van der Waals surface area (Å²) in [4.78, 5) is 6.87. The van der Waals surface area contributed by atoms with Crippen molar-refractivity contribution in [2.24, 2.45) is 0 Å². The molecule has 0 aliphatic carbocycles. The van der Waals surface area contributed by atoms with Crippen molar-refractivity contribution in [1.82, 2.24) is 9.88 Å². The molecule has 3 aromatic rings. The Balaban J connectivity index is 1.98. The third-order valence-electron chi connectivity index (χ3n) is 5.39. The Labute approximate surface area is 177 Å². The van der Waals surface area contributed by atoms with Crippen LogP contribution in [0.5, 0.6) is 0 Å². The second-order valence-corrected chi connectivity index (χ2v) is 7.79. The average molecular weight is 413 g/mol. The molecular weight excluding hydrogens is 382 g/mol. The van der Waals surface area contributed by atoms with Crippen LogP contribution in [0.1, 0.15) is 51.2 Å². The molecule has 1 N–H and O–H groups in total. The normalized spacial score (nSPS) is 12.6. The predicted molar refractivity (Wildman–Crippen MR) is 118 cm³/mol. The molecular formula is C25H30F2N2O. The highest BCUT2D eigenvalue weighted by molar-refractivity contribution is 5.85. The van der Waals surface area contributed by atoms with Gasteiger partial charge in [-0.1, -0.05) is 26.7 Å². The average Bonchev–Trinajstić information content (AvgIpc) is 2.75. The fourth-order valence-electron chi connectivity index (χ4n) is 3.67. The van der Waals surface area contributed by atoms with E-state index in [4.69, 9.17) is 0 Å². The van der Waals surface area contributed by atoms with Gasteiger partial charge in [0.15, 0.2) is 0 Å². The number of hydrogen-bond acceptors (Lipinski definition) is 3. The van der Waals surface area contributed by atoms with Crippen LogP contribution in [0.25, 0.3) is 22.2 Å². The van der Waals surface area contributed by atoms with Crippen LogP contribution in [0.3, 0.4) is 0 Å². The van der Waals surface area contributed by atoms with Gasteiger partial charge in [0.1, 0.15) is 11.6 Å². The zero-order valence-electron chi connectivity index (χ0n) is 17.7. The Morgan fingerprint density at radius 1 is 0.900 bits per heavy atom. The van der Waals surface area contributed by atoms with Crippen LogP contribution in [0.15, 0.2) is 48.5 Å². The molecule has 1 aromatic heterocycles. The summed E-state index contributed by atoms with van der Waals surface area (Å²) < 4.78 is 27.2. The van der Waals surface area contributed by atoms with Crippen molar-refractivity contribution >= 4 is 10.9 Å². The second-order valence-electron chi connectivity index (χ2n) is 7.79. The van der Waals surface area contributed by atoms with Crippen molar-refractivity contribution in [3.8, 4) is 11.3 Å². The zero-order valence-corrected chi connectivity index (χ0v) is 17.7. The lowest BCUT2D eigenvalue weighted by atomic mass is 9.99. The van der Waals surface area contributed by atoms with Crippen molar-refractivity contribution in [2.45, 2.75) is 45.6 Å². The number of halogens is 2. The van der Waals surface area contributed by atoms with Gasteiger partial charge in [-0.15, -0.1) is 0 Å². The first kappa shape index (κ1) is 22.3. The van der Waals surface area contributed by atoms with E-state index in [0.717, 1.165) is 55.3 Å². The SMILES string of the molecule is CCCCN(CCCC)CC(O)c1cc(-c2ccc(F)cc2)nc2cc(F)ccc12. The van der Waals surface area contributed by atoms with Gasteiger partial charge < -0.3 is 10.0 Å². The van der Waals surface area contributed by atoms with E-state index in [1.165, 1.54) is 24.3 Å². The molecule has 0 saturated carbocycles. The van der Waals surface area contributed by atoms with Gasteiger partial charge in [0.25, 0.3) is 0 Å². The molecule has 0 radical (unpaired) electrons. The predicted octanol–water partition coefficient (Wildman–Crippen LogP) is 6.12. The monoisotopic (exact) mass is 412 g/mol. The Morgan fingerprint density at radius 2 is 1.53 bits per heavy atom. The van der Waals surface area contributed by atoms with Gasteiger partial charge in [-0.05, 0) is 74.0 Å². The molecule has 3 nitrogen and oxygen atoms in total. The van der Waals surface area contributed by atoms with Gasteiger partial charge >= 0.3 is 0 Å². The molecule has 0 aliphatic rings. The quantitative estimate of drug-likeness (QED) is 0.436. The number of benzene rings is 2. The van der Waals surface area contributed by atoms with E-state index in [1.807, 2.05) is 6.07 Å². The van der Waals surface area contributed by atoms with Crippen molar-refractivity contribution in [2.75, 3.05) is 19.6 Å². The summed E-state index contributed by atoms with van der Waals surface area (Å²) in [7, 11) is 0. The summed E-state index contributed by atoms with van der Waals surface area (Å²) in [6.45, 7) is 6.72. The number of hydrogen-bond donors (Lipinski definition) is 1. The van der Waals surface area contributed by atoms with E-state index >= 15 is 0 Å². The number of unbranched alkanes of at least 4 members (excludes halogenated alkanes) is 2. The van der Waals surface area contributed by atoms with Gasteiger partial charge in [-0.2, -0.15) is 0 Å². The first-order chi connectivity index (χ1) is 14.5. The highest BCUT2D eigenvalue weighted by Gasteiger charge is 2.18. The number of nitrogens with zero attached hydrogens (tertiary/aromatic N) is 2. The molecule has 0 spiro atoms. The molecule has 30 heavy (non-hydrogen) atoms. The van der Waals surface area contributed by atoms with Crippen LogP contribution >= 0.6 is 0 Å². The smallest absolute Gasteiger partial charge is 0.125 e. The molecule has 0 fully saturated rings. The summed E-state index contributed by atoms with van der Waals surface area (Å²) in [5.74, 6) is -0.701. The highest BCUT2D eigenvalue weighted by atomic mass is 19.1. The molecule has 1 unspecified atom stereocenters. The summed E-state index contributed by atoms with van der Waals surface area (Å²) in [6.07, 6.45) is 3.64. The first-order valence-corrected chi connectivity index (χ1v) is 10.8. The number of fused-ring (bicyclic) bond motifs is 1. The zero-order chi connectivity index (χ0) is 21.5. The Kier molecular flexibility index (Phi) is 7.88. The van der Waals surface area contributed by atoms with Crippen LogP contribution in [0, 0.1) is 11.6 Å². The molecule has 160 valence electrons.